The molecule has 88 valence electrons. The zero-order chi connectivity index (χ0) is 12.0. The zero-order valence-corrected chi connectivity index (χ0v) is 9.40. The van der Waals surface area contributed by atoms with Crippen LogP contribution in [-0.2, 0) is 4.79 Å². The van der Waals surface area contributed by atoms with Crippen LogP contribution in [0.4, 0.5) is 11.6 Å². The van der Waals surface area contributed by atoms with Crippen molar-refractivity contribution in [3.8, 4) is 0 Å². The molecule has 6 heteroatoms. The predicted molar refractivity (Wildman–Crippen MR) is 61.5 cm³/mol. The summed E-state index contributed by atoms with van der Waals surface area (Å²) in [7, 11) is 0. The number of aromatic nitrogens is 2. The number of hydrogen-bond acceptors (Lipinski definition) is 5. The molecule has 1 atom stereocenters. The fraction of sp³-hybridized carbons (Fsp3) is 0.500. The van der Waals surface area contributed by atoms with E-state index in [-0.39, 0.29) is 0 Å². The number of nitrogens with one attached hydrogen (secondary N) is 2. The molecule has 3 N–H and O–H groups in total. The van der Waals surface area contributed by atoms with E-state index in [1.807, 2.05) is 6.92 Å². The number of hydrogen-bond donors (Lipinski definition) is 3. The molecule has 0 radical (unpaired) electrons. The Bertz CT molecular complexity index is 356. The van der Waals surface area contributed by atoms with Crippen molar-refractivity contribution in [3.63, 3.8) is 0 Å². The van der Waals surface area contributed by atoms with E-state index >= 15 is 0 Å². The summed E-state index contributed by atoms with van der Waals surface area (Å²) >= 11 is 0. The van der Waals surface area contributed by atoms with Crippen LogP contribution in [0.5, 0.6) is 0 Å². The average molecular weight is 224 g/mol. The smallest absolute Gasteiger partial charge is 0.308 e. The van der Waals surface area contributed by atoms with Gasteiger partial charge in [0, 0.05) is 19.2 Å². The maximum atomic E-state index is 10.6. The minimum atomic E-state index is -0.825. The van der Waals surface area contributed by atoms with Crippen molar-refractivity contribution in [2.24, 2.45) is 5.92 Å². The Balaban J connectivity index is 2.53. The molecule has 1 rings (SSSR count). The van der Waals surface area contributed by atoms with Gasteiger partial charge in [-0.3, -0.25) is 4.79 Å². The predicted octanol–water partition coefficient (Wildman–Crippen LogP) is 1.04. The summed E-state index contributed by atoms with van der Waals surface area (Å²) in [4.78, 5) is 18.6. The SMILES string of the molecule is CCNc1cc(NCC(C)C(=O)O)ncn1. The van der Waals surface area contributed by atoms with Crippen molar-refractivity contribution < 1.29 is 9.90 Å². The van der Waals surface area contributed by atoms with Gasteiger partial charge in [-0.1, -0.05) is 6.92 Å². The van der Waals surface area contributed by atoms with Crippen molar-refractivity contribution in [1.29, 1.82) is 0 Å². The first kappa shape index (κ1) is 12.2. The Morgan fingerprint density at radius 2 is 2.06 bits per heavy atom. The summed E-state index contributed by atoms with van der Waals surface area (Å²) in [5, 5.41) is 14.7. The van der Waals surface area contributed by atoms with Crippen molar-refractivity contribution in [3.05, 3.63) is 12.4 Å². The molecule has 0 aromatic carbocycles. The van der Waals surface area contributed by atoms with Gasteiger partial charge in [0.2, 0.25) is 0 Å². The van der Waals surface area contributed by atoms with E-state index < -0.39 is 11.9 Å². The van der Waals surface area contributed by atoms with E-state index in [9.17, 15) is 4.79 Å². The lowest BCUT2D eigenvalue weighted by Gasteiger charge is -2.09. The second-order valence-corrected chi connectivity index (χ2v) is 3.44. The number of aliphatic carboxylic acids is 1. The van der Waals surface area contributed by atoms with E-state index in [1.54, 1.807) is 13.0 Å². The number of carboxylic acid groups (broad SMARTS) is 1. The highest BCUT2D eigenvalue weighted by molar-refractivity contribution is 5.70. The van der Waals surface area contributed by atoms with Gasteiger partial charge in [-0.15, -0.1) is 0 Å². The summed E-state index contributed by atoms with van der Waals surface area (Å²) in [6, 6.07) is 1.75. The highest BCUT2D eigenvalue weighted by atomic mass is 16.4. The molecule has 0 spiro atoms. The van der Waals surface area contributed by atoms with Crippen LogP contribution >= 0.6 is 0 Å². The van der Waals surface area contributed by atoms with Crippen LogP contribution in [0.1, 0.15) is 13.8 Å². The first-order valence-electron chi connectivity index (χ1n) is 5.16. The average Bonchev–Trinajstić information content (AvgIpc) is 2.26. The Morgan fingerprint density at radius 3 is 2.62 bits per heavy atom. The molecule has 0 aliphatic carbocycles. The highest BCUT2D eigenvalue weighted by Crippen LogP contribution is 2.08. The van der Waals surface area contributed by atoms with Gasteiger partial charge in [0.25, 0.3) is 0 Å². The lowest BCUT2D eigenvalue weighted by molar-refractivity contribution is -0.140. The molecule has 1 aromatic rings. The van der Waals surface area contributed by atoms with Crippen LogP contribution in [-0.4, -0.2) is 34.1 Å². The van der Waals surface area contributed by atoms with E-state index in [2.05, 4.69) is 20.6 Å². The van der Waals surface area contributed by atoms with Gasteiger partial charge >= 0.3 is 5.97 Å². The van der Waals surface area contributed by atoms with Gasteiger partial charge in [-0.2, -0.15) is 0 Å². The number of carbonyl (C=O) groups is 1. The van der Waals surface area contributed by atoms with Crippen molar-refractivity contribution >= 4 is 17.6 Å². The Kier molecular flexibility index (Phi) is 4.50. The number of anilines is 2. The van der Waals surface area contributed by atoms with Crippen LogP contribution in [0.3, 0.4) is 0 Å². The van der Waals surface area contributed by atoms with E-state index in [4.69, 9.17) is 5.11 Å². The maximum Gasteiger partial charge on any atom is 0.308 e. The molecule has 0 saturated heterocycles. The van der Waals surface area contributed by atoms with E-state index in [0.29, 0.717) is 12.4 Å². The van der Waals surface area contributed by atoms with Gasteiger partial charge in [0.15, 0.2) is 0 Å². The quantitative estimate of drug-likeness (QED) is 0.669. The van der Waals surface area contributed by atoms with Crippen LogP contribution in [0, 0.1) is 5.92 Å². The molecule has 6 nitrogen and oxygen atoms in total. The zero-order valence-electron chi connectivity index (χ0n) is 9.40. The van der Waals surface area contributed by atoms with Crippen LogP contribution in [0.25, 0.3) is 0 Å². The third-order valence-electron chi connectivity index (χ3n) is 2.04. The topological polar surface area (TPSA) is 87.1 Å². The summed E-state index contributed by atoms with van der Waals surface area (Å²) < 4.78 is 0. The van der Waals surface area contributed by atoms with Gasteiger partial charge in [0.05, 0.1) is 5.92 Å². The molecule has 0 bridgehead atoms. The van der Waals surface area contributed by atoms with Crippen molar-refractivity contribution in [2.45, 2.75) is 13.8 Å². The molecule has 1 unspecified atom stereocenters. The third-order valence-corrected chi connectivity index (χ3v) is 2.04. The molecular formula is C10H16N4O2. The molecule has 0 aliphatic rings. The van der Waals surface area contributed by atoms with Crippen LogP contribution in [0.2, 0.25) is 0 Å². The monoisotopic (exact) mass is 224 g/mol. The molecular weight excluding hydrogens is 208 g/mol. The summed E-state index contributed by atoms with van der Waals surface area (Å²) in [5.41, 5.74) is 0. The molecule has 0 amide bonds. The molecule has 1 aromatic heterocycles. The molecule has 16 heavy (non-hydrogen) atoms. The number of nitrogens with zero attached hydrogens (tertiary/aromatic N) is 2. The molecule has 0 fully saturated rings. The Morgan fingerprint density at radius 1 is 1.44 bits per heavy atom. The lowest BCUT2D eigenvalue weighted by atomic mass is 10.2. The number of carboxylic acids is 1. The maximum absolute atomic E-state index is 10.6. The minimum Gasteiger partial charge on any atom is -0.481 e. The molecule has 0 saturated carbocycles. The lowest BCUT2D eigenvalue weighted by Crippen LogP contribution is -2.20. The summed E-state index contributed by atoms with van der Waals surface area (Å²) in [5.74, 6) is 0.0769. The first-order chi connectivity index (χ1) is 7.63. The summed E-state index contributed by atoms with van der Waals surface area (Å²) in [6.45, 7) is 4.74. The van der Waals surface area contributed by atoms with E-state index in [1.165, 1.54) is 6.33 Å². The fourth-order valence-corrected chi connectivity index (χ4v) is 1.08. The molecule has 1 heterocycles. The Labute approximate surface area is 94.1 Å². The second kappa shape index (κ2) is 5.89. The summed E-state index contributed by atoms with van der Waals surface area (Å²) in [6.07, 6.45) is 1.44. The first-order valence-corrected chi connectivity index (χ1v) is 5.16. The van der Waals surface area contributed by atoms with Gasteiger partial charge < -0.3 is 15.7 Å². The number of rotatable bonds is 6. The van der Waals surface area contributed by atoms with Crippen molar-refractivity contribution in [1.82, 2.24) is 9.97 Å². The Hall–Kier alpha value is -1.85. The largest absolute Gasteiger partial charge is 0.481 e. The van der Waals surface area contributed by atoms with Gasteiger partial charge in [-0.05, 0) is 6.92 Å². The second-order valence-electron chi connectivity index (χ2n) is 3.44. The third kappa shape index (κ3) is 3.72. The normalized spacial score (nSPS) is 11.9. The molecule has 0 aliphatic heterocycles. The fourth-order valence-electron chi connectivity index (χ4n) is 1.08. The standard InChI is InChI=1S/C10H16N4O2/c1-3-11-8-4-9(14-6-13-8)12-5-7(2)10(15)16/h4,6-7H,3,5H2,1-2H3,(H,15,16)(H2,11,12,13,14). The highest BCUT2D eigenvalue weighted by Gasteiger charge is 2.10. The minimum absolute atomic E-state index is 0.345. The van der Waals surface area contributed by atoms with Gasteiger partial charge in [0.1, 0.15) is 18.0 Å². The van der Waals surface area contributed by atoms with Crippen molar-refractivity contribution in [2.75, 3.05) is 23.7 Å². The van der Waals surface area contributed by atoms with Crippen LogP contribution in [0.15, 0.2) is 12.4 Å². The van der Waals surface area contributed by atoms with Crippen LogP contribution < -0.4 is 10.6 Å². The van der Waals surface area contributed by atoms with Gasteiger partial charge in [-0.25, -0.2) is 9.97 Å². The van der Waals surface area contributed by atoms with E-state index in [0.717, 1.165) is 12.4 Å².